The van der Waals surface area contributed by atoms with Gasteiger partial charge in [-0.2, -0.15) is 0 Å². The second-order valence-corrected chi connectivity index (χ2v) is 25.8. The van der Waals surface area contributed by atoms with Crippen molar-refractivity contribution >= 4 is 64.2 Å². The maximum absolute atomic E-state index is 15.5. The predicted molar refractivity (Wildman–Crippen MR) is 373 cm³/mol. The van der Waals surface area contributed by atoms with Gasteiger partial charge in [0.25, 0.3) is 5.56 Å². The lowest BCUT2D eigenvalue weighted by atomic mass is 9.81. The van der Waals surface area contributed by atoms with E-state index in [1.807, 2.05) is 0 Å². The Bertz CT molecular complexity index is 3570. The molecular formula is C72H102FN11O17. The van der Waals surface area contributed by atoms with Crippen LogP contribution in [-0.2, 0) is 93.7 Å². The highest BCUT2D eigenvalue weighted by Gasteiger charge is 2.46. The number of nitrogens with zero attached hydrogens (tertiary/aromatic N) is 2. The number of benzene rings is 2. The van der Waals surface area contributed by atoms with E-state index in [-0.39, 0.29) is 120 Å². The Hall–Kier alpha value is -8.45. The van der Waals surface area contributed by atoms with Gasteiger partial charge in [0, 0.05) is 54.3 Å². The summed E-state index contributed by atoms with van der Waals surface area (Å²) < 4.78 is 55.5. The number of carbonyl (C=O) groups excluding carboxylic acids is 8. The number of aliphatic hydroxyl groups is 1. The zero-order chi connectivity index (χ0) is 73.0. The number of hydrogen-bond donors (Lipinski definition) is 10. The molecule has 12 N–H and O–H groups in total. The van der Waals surface area contributed by atoms with E-state index in [2.05, 4.69) is 50.7 Å². The maximum atomic E-state index is 15.5. The summed E-state index contributed by atoms with van der Waals surface area (Å²) in [5.41, 5.74) is 14.2. The summed E-state index contributed by atoms with van der Waals surface area (Å²) in [5.74, 6) is -3.90. The molecule has 0 fully saturated rings. The van der Waals surface area contributed by atoms with Crippen LogP contribution in [0.15, 0.2) is 53.8 Å². The summed E-state index contributed by atoms with van der Waals surface area (Å²) in [6.07, 6.45) is 9.93. The topological polar surface area (TPSA) is 393 Å². The van der Waals surface area contributed by atoms with Crippen LogP contribution >= 0.6 is 0 Å². The number of aromatic nitrogens is 2. The summed E-state index contributed by atoms with van der Waals surface area (Å²) in [4.78, 5) is 122. The molecule has 2 aliphatic heterocycles. The molecule has 0 saturated heterocycles. The first-order valence-electron chi connectivity index (χ1n) is 35.2. The van der Waals surface area contributed by atoms with Crippen LogP contribution in [0, 0.1) is 18.7 Å². The molecule has 4 aromatic rings. The average molecular weight is 1410 g/mol. The van der Waals surface area contributed by atoms with Gasteiger partial charge in [-0.3, -0.25) is 28.8 Å². The smallest absolute Gasteiger partial charge is 0.407 e. The number of hydrogen-bond acceptors (Lipinski definition) is 19. The number of pyridine rings is 2. The van der Waals surface area contributed by atoms with Gasteiger partial charge in [-0.1, -0.05) is 78.0 Å². The van der Waals surface area contributed by atoms with Crippen molar-refractivity contribution in [3.8, 4) is 11.4 Å². The third-order valence-corrected chi connectivity index (χ3v) is 18.1. The minimum absolute atomic E-state index is 0.0298. The number of carbonyl (C=O) groups is 8. The van der Waals surface area contributed by atoms with Gasteiger partial charge in [-0.25, -0.2) is 23.8 Å². The molecule has 6 atom stereocenters. The summed E-state index contributed by atoms with van der Waals surface area (Å²) in [6.45, 7) is 15.4. The second kappa shape index (κ2) is 40.3. The number of aryl methyl sites for hydroxylation is 1. The number of esters is 1. The van der Waals surface area contributed by atoms with Gasteiger partial charge in [0.2, 0.25) is 29.5 Å². The maximum Gasteiger partial charge on any atom is 0.407 e. The molecule has 4 heterocycles. The number of fused-ring (bicyclic) bond motifs is 5. The highest BCUT2D eigenvalue weighted by Crippen LogP contribution is 2.46. The van der Waals surface area contributed by atoms with Crippen molar-refractivity contribution in [2.24, 2.45) is 17.4 Å². The van der Waals surface area contributed by atoms with Gasteiger partial charge in [-0.15, -0.1) is 6.58 Å². The number of ether oxygens (including phenoxy) is 7. The Morgan fingerprint density at radius 2 is 1.48 bits per heavy atom. The van der Waals surface area contributed by atoms with Crippen LogP contribution in [0.5, 0.6) is 0 Å². The van der Waals surface area contributed by atoms with Gasteiger partial charge in [-0.05, 0) is 111 Å². The lowest BCUT2D eigenvalue weighted by Crippen LogP contribution is -2.54. The summed E-state index contributed by atoms with van der Waals surface area (Å²) in [5, 5.41) is 31.5. The molecule has 0 radical (unpaired) electrons. The van der Waals surface area contributed by atoms with Crippen molar-refractivity contribution in [1.82, 2.24) is 41.5 Å². The summed E-state index contributed by atoms with van der Waals surface area (Å²) in [7, 11) is 0. The molecular weight excluding hydrogens is 1310 g/mol. The van der Waals surface area contributed by atoms with Gasteiger partial charge in [0.05, 0.1) is 100 Å². The van der Waals surface area contributed by atoms with Crippen molar-refractivity contribution in [3.05, 3.63) is 104 Å². The Labute approximate surface area is 588 Å². The minimum Gasteiger partial charge on any atom is -0.458 e. The van der Waals surface area contributed by atoms with E-state index >= 15 is 4.39 Å². The Morgan fingerprint density at radius 3 is 2.16 bits per heavy atom. The zero-order valence-corrected chi connectivity index (χ0v) is 58.8. The molecule has 0 bridgehead atoms. The van der Waals surface area contributed by atoms with E-state index in [4.69, 9.17) is 49.6 Å². The number of cyclic esters (lactones) is 1. The first-order chi connectivity index (χ1) is 48.6. The van der Waals surface area contributed by atoms with Gasteiger partial charge >= 0.3 is 18.1 Å². The van der Waals surface area contributed by atoms with E-state index < -0.39 is 82.9 Å². The van der Waals surface area contributed by atoms with Crippen molar-refractivity contribution in [3.63, 3.8) is 0 Å². The number of anilines is 1. The molecule has 2 aromatic heterocycles. The van der Waals surface area contributed by atoms with E-state index in [0.717, 1.165) is 24.8 Å². The Kier molecular flexibility index (Phi) is 31.8. The van der Waals surface area contributed by atoms with Crippen molar-refractivity contribution in [1.29, 1.82) is 0 Å². The monoisotopic (exact) mass is 1410 g/mol. The third kappa shape index (κ3) is 23.0. The van der Waals surface area contributed by atoms with Gasteiger partial charge in [0.1, 0.15) is 37.7 Å². The third-order valence-electron chi connectivity index (χ3n) is 18.1. The Balaban J connectivity index is 0.769. The minimum atomic E-state index is -2.04. The van der Waals surface area contributed by atoms with E-state index in [1.165, 1.54) is 29.9 Å². The standard InChI is InChI=1S/C72H102FN11O17/c1-7-10-11-12-13-17-48(8-2)99-43-60(86)76-29-31-96-33-35-98-37-36-97-34-32-95-30-26-59(85)83-63(44(4)5)67(89)82-56(19-16-28-77-70(75)92)66(88)79-47-22-20-46(21-23-47)41-101-71(93)78-27-15-14-18-54(74)65(87)81-55-25-24-49-45(6)53(73)39-57-61(49)62(55)50-40-84-58(64(50)80-57)38-52-51(68(84)90)42-100-69(91)72(52,94)9-3/h8,20-23,38-39,44,48,54-56,63,94H,2,7,9-19,24-37,40-43,74H2,1,3-6H3,(H,76,86)(H,78,93)(H,79,88)(H,81,87)(H,82,89)(H,83,85)(H3,75,77,92)/t48?,54-,55-,56-,63-,72-/m0/s1. The number of amides is 8. The van der Waals surface area contributed by atoms with Gasteiger partial charge in [0.15, 0.2) is 5.60 Å². The molecule has 8 amide bonds. The first kappa shape index (κ1) is 79.9. The van der Waals surface area contributed by atoms with E-state index in [9.17, 15) is 48.3 Å². The molecule has 29 heteroatoms. The van der Waals surface area contributed by atoms with Crippen LogP contribution in [0.25, 0.3) is 22.3 Å². The number of nitrogens with two attached hydrogens (primary N) is 2. The van der Waals surface area contributed by atoms with Crippen LogP contribution in [0.3, 0.4) is 0 Å². The molecule has 2 aromatic carbocycles. The molecule has 0 spiro atoms. The van der Waals surface area contributed by atoms with Crippen molar-refractivity contribution in [2.45, 2.75) is 187 Å². The number of nitrogens with one attached hydrogen (secondary N) is 7. The highest BCUT2D eigenvalue weighted by atomic mass is 19.1. The fraction of sp³-hybridized carbons (Fsp3) is 0.583. The van der Waals surface area contributed by atoms with E-state index in [1.54, 1.807) is 64.1 Å². The number of halogens is 1. The molecule has 28 nitrogen and oxygen atoms in total. The lowest BCUT2D eigenvalue weighted by molar-refractivity contribution is -0.172. The Morgan fingerprint density at radius 1 is 0.792 bits per heavy atom. The fourth-order valence-corrected chi connectivity index (χ4v) is 12.4. The van der Waals surface area contributed by atoms with E-state index in [0.29, 0.717) is 115 Å². The second-order valence-electron chi connectivity index (χ2n) is 25.8. The number of unbranched alkanes of at least 4 members (excludes halogenated alkanes) is 5. The molecule has 1 unspecified atom stereocenters. The van der Waals surface area contributed by atoms with Gasteiger partial charge < -0.3 is 91.5 Å². The first-order valence-corrected chi connectivity index (χ1v) is 35.2. The molecule has 1 aliphatic carbocycles. The average Bonchev–Trinajstić information content (AvgIpc) is 1.62. The summed E-state index contributed by atoms with van der Waals surface area (Å²) in [6, 6.07) is 5.09. The largest absolute Gasteiger partial charge is 0.458 e. The normalized spacial score (nSPS) is 16.2. The molecule has 101 heavy (non-hydrogen) atoms. The van der Waals surface area contributed by atoms with Crippen molar-refractivity contribution < 1.29 is 81.0 Å². The molecule has 0 saturated carbocycles. The number of primary amides is 1. The molecule has 7 rings (SSSR count). The quantitative estimate of drug-likeness (QED) is 0.0129. The predicted octanol–water partition coefficient (Wildman–Crippen LogP) is 5.57. The lowest BCUT2D eigenvalue weighted by Gasteiger charge is -2.31. The molecule has 554 valence electrons. The number of urea groups is 1. The van der Waals surface area contributed by atoms with Crippen LogP contribution in [0.2, 0.25) is 0 Å². The highest BCUT2D eigenvalue weighted by molar-refractivity contribution is 5.99. The number of rotatable bonds is 45. The van der Waals surface area contributed by atoms with Crippen molar-refractivity contribution in [2.75, 3.05) is 84.4 Å². The fourth-order valence-electron chi connectivity index (χ4n) is 12.4. The molecule has 3 aliphatic rings. The number of alkyl carbamates (subject to hydrolysis) is 1. The zero-order valence-electron chi connectivity index (χ0n) is 58.8. The van der Waals surface area contributed by atoms with Crippen LogP contribution in [0.1, 0.15) is 163 Å². The van der Waals surface area contributed by atoms with Crippen LogP contribution in [0.4, 0.5) is 19.7 Å². The summed E-state index contributed by atoms with van der Waals surface area (Å²) >= 11 is 0. The SMILES string of the molecule is C=CC(CCCCCCC)OCC(=O)NCCOCCOCCOCCOCCC(=O)N[C@H](C(=O)N[C@@H](CCCNC(N)=O)C(=O)Nc1ccc(COC(=O)NCCCC[C@H](N)C(=O)N[C@H]2CCc3c(C)c(F)cc4nc5c(c2c34)Cn2c-5cc3c(c2=O)COC(=O)[C@]3(O)CC)cc1)C(C)C. The van der Waals surface area contributed by atoms with Crippen LogP contribution < -0.4 is 54.2 Å². The van der Waals surface area contributed by atoms with Crippen LogP contribution in [-0.4, -0.2) is 166 Å².